The molecule has 0 saturated heterocycles. The minimum absolute atomic E-state index is 0.000739. The highest BCUT2D eigenvalue weighted by atomic mass is 16.2. The molecule has 24 heavy (non-hydrogen) atoms. The first-order valence-corrected chi connectivity index (χ1v) is 8.97. The van der Waals surface area contributed by atoms with Crippen molar-refractivity contribution in [1.82, 2.24) is 0 Å². The summed E-state index contributed by atoms with van der Waals surface area (Å²) in [5.74, 6) is 0.875. The van der Waals surface area contributed by atoms with Crippen molar-refractivity contribution in [2.45, 2.75) is 52.0 Å². The first kappa shape index (κ1) is 17.0. The van der Waals surface area contributed by atoms with Crippen molar-refractivity contribution in [2.75, 3.05) is 10.6 Å². The number of hydrogen-bond acceptors (Lipinski definition) is 3. The lowest BCUT2D eigenvalue weighted by Gasteiger charge is -2.27. The summed E-state index contributed by atoms with van der Waals surface area (Å²) < 4.78 is 0. The quantitative estimate of drug-likeness (QED) is 0.776. The maximum absolute atomic E-state index is 12.7. The molecular formula is C19H27N3O2. The molecule has 2 bridgehead atoms. The molecule has 0 heterocycles. The Kier molecular flexibility index (Phi) is 4.90. The van der Waals surface area contributed by atoms with Crippen LogP contribution in [0.3, 0.4) is 0 Å². The maximum atomic E-state index is 12.7. The highest BCUT2D eigenvalue weighted by Crippen LogP contribution is 2.48. The third-order valence-electron chi connectivity index (χ3n) is 5.63. The van der Waals surface area contributed by atoms with E-state index in [9.17, 15) is 9.59 Å². The molecule has 2 aliphatic rings. The summed E-state index contributed by atoms with van der Waals surface area (Å²) in [7, 11) is 0. The smallest absolute Gasteiger partial charge is 0.229 e. The number of nitrogens with two attached hydrogens (primary N) is 1. The van der Waals surface area contributed by atoms with Crippen LogP contribution in [-0.2, 0) is 9.59 Å². The van der Waals surface area contributed by atoms with Gasteiger partial charge in [-0.1, -0.05) is 13.0 Å². The van der Waals surface area contributed by atoms with Crippen LogP contribution < -0.4 is 16.4 Å². The predicted octanol–water partition coefficient (Wildman–Crippen LogP) is 3.05. The van der Waals surface area contributed by atoms with Crippen molar-refractivity contribution in [3.05, 3.63) is 23.8 Å². The molecule has 4 atom stereocenters. The highest BCUT2D eigenvalue weighted by Gasteiger charge is 2.49. The van der Waals surface area contributed by atoms with Crippen molar-refractivity contribution < 1.29 is 9.59 Å². The summed E-state index contributed by atoms with van der Waals surface area (Å²) in [5.41, 5.74) is 8.66. The van der Waals surface area contributed by atoms with E-state index in [4.69, 9.17) is 5.73 Å². The largest absolute Gasteiger partial charge is 0.327 e. The van der Waals surface area contributed by atoms with Crippen molar-refractivity contribution in [1.29, 1.82) is 0 Å². The summed E-state index contributed by atoms with van der Waals surface area (Å²) >= 11 is 0. The SMILES string of the molecule is CCCC(=O)Nc1cccc(NC(=O)C2C3CCC(C3)C2N)c1C. The molecule has 1 aromatic carbocycles. The van der Waals surface area contributed by atoms with E-state index in [1.807, 2.05) is 32.0 Å². The van der Waals surface area contributed by atoms with Crippen LogP contribution in [0.25, 0.3) is 0 Å². The molecule has 2 fully saturated rings. The number of rotatable bonds is 5. The lowest BCUT2D eigenvalue weighted by Crippen LogP contribution is -2.42. The Morgan fingerprint density at radius 3 is 2.46 bits per heavy atom. The number of benzene rings is 1. The second-order valence-electron chi connectivity index (χ2n) is 7.20. The van der Waals surface area contributed by atoms with Gasteiger partial charge in [-0.2, -0.15) is 0 Å². The molecule has 2 saturated carbocycles. The predicted molar refractivity (Wildman–Crippen MR) is 95.6 cm³/mol. The molecule has 0 spiro atoms. The van der Waals surface area contributed by atoms with Gasteiger partial charge < -0.3 is 16.4 Å². The van der Waals surface area contributed by atoms with Crippen molar-refractivity contribution in [3.8, 4) is 0 Å². The van der Waals surface area contributed by atoms with E-state index < -0.39 is 0 Å². The minimum atomic E-state index is -0.0820. The van der Waals surface area contributed by atoms with Crippen molar-refractivity contribution >= 4 is 23.2 Å². The Morgan fingerprint density at radius 2 is 1.83 bits per heavy atom. The lowest BCUT2D eigenvalue weighted by atomic mass is 9.84. The van der Waals surface area contributed by atoms with Gasteiger partial charge in [0.05, 0.1) is 5.92 Å². The zero-order valence-electron chi connectivity index (χ0n) is 14.5. The molecule has 130 valence electrons. The molecule has 4 N–H and O–H groups in total. The Hall–Kier alpha value is -1.88. The van der Waals surface area contributed by atoms with E-state index in [1.54, 1.807) is 0 Å². The molecule has 0 radical (unpaired) electrons. The van der Waals surface area contributed by atoms with Gasteiger partial charge in [-0.05, 0) is 62.1 Å². The number of fused-ring (bicyclic) bond motifs is 2. The fourth-order valence-corrected chi connectivity index (χ4v) is 4.29. The van der Waals surface area contributed by atoms with Crippen molar-refractivity contribution in [2.24, 2.45) is 23.5 Å². The molecule has 4 unspecified atom stereocenters. The molecule has 2 aliphatic carbocycles. The molecule has 0 aliphatic heterocycles. The third kappa shape index (κ3) is 3.18. The van der Waals surface area contributed by atoms with Crippen LogP contribution in [0.4, 0.5) is 11.4 Å². The number of anilines is 2. The summed E-state index contributed by atoms with van der Waals surface area (Å²) in [6.07, 6.45) is 4.67. The van der Waals surface area contributed by atoms with Crippen LogP contribution in [0, 0.1) is 24.7 Å². The summed E-state index contributed by atoms with van der Waals surface area (Å²) in [6, 6.07) is 5.57. The zero-order valence-corrected chi connectivity index (χ0v) is 14.5. The van der Waals surface area contributed by atoms with E-state index in [0.29, 0.717) is 18.3 Å². The maximum Gasteiger partial charge on any atom is 0.229 e. The van der Waals surface area contributed by atoms with E-state index in [0.717, 1.165) is 42.6 Å². The molecule has 5 heteroatoms. The van der Waals surface area contributed by atoms with Gasteiger partial charge >= 0.3 is 0 Å². The van der Waals surface area contributed by atoms with Gasteiger partial charge in [0, 0.05) is 23.8 Å². The minimum Gasteiger partial charge on any atom is -0.327 e. The van der Waals surface area contributed by atoms with E-state index in [2.05, 4.69) is 10.6 Å². The molecule has 1 aromatic rings. The summed E-state index contributed by atoms with van der Waals surface area (Å²) in [4.78, 5) is 24.5. The second kappa shape index (κ2) is 6.93. The zero-order chi connectivity index (χ0) is 17.3. The van der Waals surface area contributed by atoms with E-state index in [1.165, 1.54) is 0 Å². The van der Waals surface area contributed by atoms with Crippen LogP contribution in [-0.4, -0.2) is 17.9 Å². The van der Waals surface area contributed by atoms with Crippen LogP contribution in [0.15, 0.2) is 18.2 Å². The Morgan fingerprint density at radius 1 is 1.17 bits per heavy atom. The fraction of sp³-hybridized carbons (Fsp3) is 0.579. The van der Waals surface area contributed by atoms with Gasteiger partial charge in [0.15, 0.2) is 0 Å². The molecule has 5 nitrogen and oxygen atoms in total. The van der Waals surface area contributed by atoms with Gasteiger partial charge in [0.1, 0.15) is 0 Å². The number of nitrogens with one attached hydrogen (secondary N) is 2. The average Bonchev–Trinajstić information content (AvgIpc) is 3.12. The Labute approximate surface area is 143 Å². The topological polar surface area (TPSA) is 84.2 Å². The van der Waals surface area contributed by atoms with Crippen LogP contribution in [0.5, 0.6) is 0 Å². The molecule has 2 amide bonds. The summed E-state index contributed by atoms with van der Waals surface area (Å²) in [6.45, 7) is 3.89. The van der Waals surface area contributed by atoms with Gasteiger partial charge in [-0.25, -0.2) is 0 Å². The first-order valence-electron chi connectivity index (χ1n) is 8.97. The molecule has 3 rings (SSSR count). The molecule has 0 aromatic heterocycles. The second-order valence-corrected chi connectivity index (χ2v) is 7.20. The van der Waals surface area contributed by atoms with E-state index in [-0.39, 0.29) is 23.8 Å². The molecular weight excluding hydrogens is 302 g/mol. The van der Waals surface area contributed by atoms with Gasteiger partial charge in [0.25, 0.3) is 0 Å². The Balaban J connectivity index is 1.71. The number of amides is 2. The van der Waals surface area contributed by atoms with Crippen LogP contribution in [0.2, 0.25) is 0 Å². The van der Waals surface area contributed by atoms with Gasteiger partial charge in [0.2, 0.25) is 11.8 Å². The summed E-state index contributed by atoms with van der Waals surface area (Å²) in [5, 5.41) is 5.96. The average molecular weight is 329 g/mol. The number of carbonyl (C=O) groups excluding carboxylic acids is 2. The fourth-order valence-electron chi connectivity index (χ4n) is 4.29. The Bertz CT molecular complexity index is 641. The number of carbonyl (C=O) groups is 2. The monoisotopic (exact) mass is 329 g/mol. The lowest BCUT2D eigenvalue weighted by molar-refractivity contribution is -0.121. The van der Waals surface area contributed by atoms with Crippen LogP contribution >= 0.6 is 0 Å². The van der Waals surface area contributed by atoms with Gasteiger partial charge in [-0.15, -0.1) is 0 Å². The van der Waals surface area contributed by atoms with Crippen molar-refractivity contribution in [3.63, 3.8) is 0 Å². The third-order valence-corrected chi connectivity index (χ3v) is 5.63. The highest BCUT2D eigenvalue weighted by molar-refractivity contribution is 5.97. The van der Waals surface area contributed by atoms with E-state index >= 15 is 0 Å². The van der Waals surface area contributed by atoms with Crippen LogP contribution in [0.1, 0.15) is 44.6 Å². The normalized spacial score (nSPS) is 28.0. The number of hydrogen-bond donors (Lipinski definition) is 3. The first-order chi connectivity index (χ1) is 11.5. The standard InChI is InChI=1S/C19H27N3O2/c1-3-5-16(23)21-14-6-4-7-15(11(14)2)22-19(24)17-12-8-9-13(10-12)18(17)20/h4,6-7,12-13,17-18H,3,5,8-10,20H2,1-2H3,(H,21,23)(H,22,24). The van der Waals surface area contributed by atoms with Gasteiger partial charge in [-0.3, -0.25) is 9.59 Å².